The average Bonchev–Trinajstić information content (AvgIpc) is 3.29. The first kappa shape index (κ1) is 15.7. The highest BCUT2D eigenvalue weighted by Gasteiger charge is 2.14. The third-order valence-corrected chi connectivity index (χ3v) is 4.38. The summed E-state index contributed by atoms with van der Waals surface area (Å²) in [5, 5.41) is 9.85. The molecule has 126 valence electrons. The van der Waals surface area contributed by atoms with Crippen LogP contribution in [-0.4, -0.2) is 22.9 Å². The van der Waals surface area contributed by atoms with Crippen LogP contribution in [0.2, 0.25) is 0 Å². The lowest BCUT2D eigenvalue weighted by atomic mass is 10.1. The third kappa shape index (κ3) is 3.36. The molecule has 1 amide bonds. The van der Waals surface area contributed by atoms with Crippen molar-refractivity contribution in [1.29, 1.82) is 0 Å². The van der Waals surface area contributed by atoms with Crippen LogP contribution in [0, 0.1) is 0 Å². The van der Waals surface area contributed by atoms with Crippen LogP contribution in [0.3, 0.4) is 0 Å². The van der Waals surface area contributed by atoms with Gasteiger partial charge in [0, 0.05) is 16.6 Å². The summed E-state index contributed by atoms with van der Waals surface area (Å²) in [5.41, 5.74) is 3.01. The second kappa shape index (κ2) is 6.60. The largest absolute Gasteiger partial charge is 0.454 e. The van der Waals surface area contributed by atoms with E-state index >= 15 is 0 Å². The number of carbonyl (C=O) groups is 1. The van der Waals surface area contributed by atoms with Crippen LogP contribution in [0.1, 0.15) is 16.1 Å². The van der Waals surface area contributed by atoms with Crippen LogP contribution >= 0.6 is 15.9 Å². The van der Waals surface area contributed by atoms with E-state index in [1.54, 1.807) is 6.07 Å². The van der Waals surface area contributed by atoms with Crippen LogP contribution in [0.15, 0.2) is 53.0 Å². The Kier molecular flexibility index (Phi) is 4.15. The van der Waals surface area contributed by atoms with Gasteiger partial charge in [-0.05, 0) is 35.9 Å². The molecule has 0 radical (unpaired) electrons. The summed E-state index contributed by atoms with van der Waals surface area (Å²) in [4.78, 5) is 12.3. The molecule has 0 fully saturated rings. The Balaban J connectivity index is 1.42. The van der Waals surface area contributed by atoms with E-state index in [4.69, 9.17) is 9.47 Å². The third-order valence-electron chi connectivity index (χ3n) is 3.85. The minimum Gasteiger partial charge on any atom is -0.454 e. The van der Waals surface area contributed by atoms with Crippen LogP contribution in [0.25, 0.3) is 11.3 Å². The molecule has 2 heterocycles. The van der Waals surface area contributed by atoms with E-state index in [2.05, 4.69) is 31.4 Å². The molecule has 0 aliphatic carbocycles. The van der Waals surface area contributed by atoms with Gasteiger partial charge >= 0.3 is 0 Å². The first-order valence-electron chi connectivity index (χ1n) is 7.67. The number of amides is 1. The van der Waals surface area contributed by atoms with E-state index in [1.165, 1.54) is 0 Å². The van der Waals surface area contributed by atoms with Gasteiger partial charge in [-0.1, -0.05) is 34.1 Å². The Morgan fingerprint density at radius 2 is 1.92 bits per heavy atom. The number of hydrogen-bond donors (Lipinski definition) is 2. The van der Waals surface area contributed by atoms with E-state index in [0.717, 1.165) is 27.0 Å². The molecule has 1 aliphatic rings. The summed E-state index contributed by atoms with van der Waals surface area (Å²) in [6.07, 6.45) is 0. The second-order valence-corrected chi connectivity index (χ2v) is 6.46. The van der Waals surface area contributed by atoms with Crippen molar-refractivity contribution >= 4 is 21.8 Å². The molecule has 0 saturated carbocycles. The summed E-state index contributed by atoms with van der Waals surface area (Å²) in [5.74, 6) is 1.21. The monoisotopic (exact) mass is 399 g/mol. The van der Waals surface area contributed by atoms with Gasteiger partial charge in [-0.3, -0.25) is 9.89 Å². The average molecular weight is 400 g/mol. The fraction of sp³-hybridized carbons (Fsp3) is 0.111. The minimum absolute atomic E-state index is 0.214. The highest BCUT2D eigenvalue weighted by atomic mass is 79.9. The van der Waals surface area contributed by atoms with Gasteiger partial charge in [0.25, 0.3) is 5.91 Å². The normalized spacial score (nSPS) is 12.2. The van der Waals surface area contributed by atoms with Gasteiger partial charge in [-0.2, -0.15) is 5.10 Å². The van der Waals surface area contributed by atoms with Crippen molar-refractivity contribution < 1.29 is 14.3 Å². The molecular weight excluding hydrogens is 386 g/mol. The van der Waals surface area contributed by atoms with Crippen molar-refractivity contribution in [3.8, 4) is 22.8 Å². The molecule has 1 aliphatic heterocycles. The molecule has 6 nitrogen and oxygen atoms in total. The molecule has 3 aromatic rings. The van der Waals surface area contributed by atoms with Crippen molar-refractivity contribution in [2.45, 2.75) is 6.54 Å². The minimum atomic E-state index is -0.214. The SMILES string of the molecule is O=C(NCc1ccc2c(c1)OCO2)c1cc(-c2ccc(Br)cc2)n[nH]1. The lowest BCUT2D eigenvalue weighted by Crippen LogP contribution is -2.23. The van der Waals surface area contributed by atoms with Crippen LogP contribution < -0.4 is 14.8 Å². The Morgan fingerprint density at radius 3 is 2.76 bits per heavy atom. The van der Waals surface area contributed by atoms with Gasteiger partial charge in [0.05, 0.1) is 5.69 Å². The Hall–Kier alpha value is -2.80. The van der Waals surface area contributed by atoms with Crippen molar-refractivity contribution in [2.24, 2.45) is 0 Å². The van der Waals surface area contributed by atoms with E-state index in [0.29, 0.717) is 18.0 Å². The first-order chi connectivity index (χ1) is 12.2. The molecule has 2 N–H and O–H groups in total. The Labute approximate surface area is 152 Å². The highest BCUT2D eigenvalue weighted by Crippen LogP contribution is 2.32. The predicted molar refractivity (Wildman–Crippen MR) is 95.5 cm³/mol. The lowest BCUT2D eigenvalue weighted by molar-refractivity contribution is 0.0946. The van der Waals surface area contributed by atoms with Gasteiger partial charge in [-0.25, -0.2) is 0 Å². The van der Waals surface area contributed by atoms with Crippen molar-refractivity contribution in [1.82, 2.24) is 15.5 Å². The van der Waals surface area contributed by atoms with Crippen molar-refractivity contribution in [2.75, 3.05) is 6.79 Å². The number of aromatic nitrogens is 2. The van der Waals surface area contributed by atoms with E-state index in [-0.39, 0.29) is 12.7 Å². The molecule has 0 bridgehead atoms. The molecule has 7 heteroatoms. The molecule has 0 spiro atoms. The summed E-state index contributed by atoms with van der Waals surface area (Å²) in [6.45, 7) is 0.625. The smallest absolute Gasteiger partial charge is 0.269 e. The number of nitrogens with zero attached hydrogens (tertiary/aromatic N) is 1. The lowest BCUT2D eigenvalue weighted by Gasteiger charge is -2.04. The van der Waals surface area contributed by atoms with Gasteiger partial charge < -0.3 is 14.8 Å². The fourth-order valence-corrected chi connectivity index (χ4v) is 2.80. The van der Waals surface area contributed by atoms with E-state index in [9.17, 15) is 4.79 Å². The Morgan fingerprint density at radius 1 is 1.12 bits per heavy atom. The number of fused-ring (bicyclic) bond motifs is 1. The molecule has 1 aromatic heterocycles. The van der Waals surface area contributed by atoms with E-state index in [1.807, 2.05) is 42.5 Å². The number of H-pyrrole nitrogens is 1. The number of ether oxygens (including phenoxy) is 2. The summed E-state index contributed by atoms with van der Waals surface area (Å²) >= 11 is 3.40. The second-order valence-electron chi connectivity index (χ2n) is 5.54. The maximum absolute atomic E-state index is 12.3. The molecule has 25 heavy (non-hydrogen) atoms. The van der Waals surface area contributed by atoms with Crippen LogP contribution in [0.4, 0.5) is 0 Å². The number of hydrogen-bond acceptors (Lipinski definition) is 4. The van der Waals surface area contributed by atoms with Crippen LogP contribution in [-0.2, 0) is 6.54 Å². The quantitative estimate of drug-likeness (QED) is 0.703. The number of halogens is 1. The maximum Gasteiger partial charge on any atom is 0.269 e. The van der Waals surface area contributed by atoms with E-state index < -0.39 is 0 Å². The molecule has 0 saturated heterocycles. The molecular formula is C18H14BrN3O3. The summed E-state index contributed by atoms with van der Waals surface area (Å²) in [6, 6.07) is 15.1. The zero-order chi connectivity index (χ0) is 17.2. The zero-order valence-corrected chi connectivity index (χ0v) is 14.7. The summed E-state index contributed by atoms with van der Waals surface area (Å²) in [7, 11) is 0. The van der Waals surface area contributed by atoms with Gasteiger partial charge in [0.1, 0.15) is 5.69 Å². The topological polar surface area (TPSA) is 76.2 Å². The van der Waals surface area contributed by atoms with Crippen molar-refractivity contribution in [3.05, 3.63) is 64.3 Å². The molecule has 0 atom stereocenters. The molecule has 0 unspecified atom stereocenters. The van der Waals surface area contributed by atoms with Crippen molar-refractivity contribution in [3.63, 3.8) is 0 Å². The van der Waals surface area contributed by atoms with Gasteiger partial charge in [0.15, 0.2) is 11.5 Å². The van der Waals surface area contributed by atoms with Crippen LogP contribution in [0.5, 0.6) is 11.5 Å². The predicted octanol–water partition coefficient (Wildman–Crippen LogP) is 3.50. The number of nitrogens with one attached hydrogen (secondary N) is 2. The maximum atomic E-state index is 12.3. The first-order valence-corrected chi connectivity index (χ1v) is 8.46. The number of benzene rings is 2. The summed E-state index contributed by atoms with van der Waals surface area (Å²) < 4.78 is 11.6. The number of carbonyl (C=O) groups excluding carboxylic acids is 1. The molecule has 4 rings (SSSR count). The van der Waals surface area contributed by atoms with Gasteiger partial charge in [-0.15, -0.1) is 0 Å². The standard InChI is InChI=1S/C18H14BrN3O3/c19-13-4-2-12(3-5-13)14-8-15(22-21-14)18(23)20-9-11-1-6-16-17(7-11)25-10-24-16/h1-8H,9-10H2,(H,20,23)(H,21,22). The Bertz CT molecular complexity index is 922. The van der Waals surface area contributed by atoms with Gasteiger partial charge in [0.2, 0.25) is 6.79 Å². The fourth-order valence-electron chi connectivity index (χ4n) is 2.54. The highest BCUT2D eigenvalue weighted by molar-refractivity contribution is 9.10. The number of rotatable bonds is 4. The number of aromatic amines is 1. The molecule has 2 aromatic carbocycles. The zero-order valence-electron chi connectivity index (χ0n) is 13.1.